The molecule has 2 saturated heterocycles. The van der Waals surface area contributed by atoms with E-state index in [0.717, 1.165) is 6.54 Å². The highest BCUT2D eigenvalue weighted by Crippen LogP contribution is 2.26. The van der Waals surface area contributed by atoms with E-state index in [2.05, 4.69) is 11.8 Å². The molecule has 2 aliphatic rings. The predicted molar refractivity (Wildman–Crippen MR) is 49.4 cm³/mol. The Labute approximate surface area is 79.0 Å². The first-order valence-electron chi connectivity index (χ1n) is 5.19. The van der Waals surface area contributed by atoms with Crippen LogP contribution in [0.25, 0.3) is 0 Å². The van der Waals surface area contributed by atoms with Crippen molar-refractivity contribution in [2.24, 2.45) is 0 Å². The van der Waals surface area contributed by atoms with Crippen molar-refractivity contribution in [3.8, 4) is 0 Å². The normalized spacial score (nSPS) is 36.2. The summed E-state index contributed by atoms with van der Waals surface area (Å²) in [4.78, 5) is 13.6. The number of nitrogens with zero attached hydrogens (tertiary/aromatic N) is 1. The number of rotatable bonds is 0. The summed E-state index contributed by atoms with van der Waals surface area (Å²) >= 11 is 0. The second kappa shape index (κ2) is 3.66. The van der Waals surface area contributed by atoms with Crippen LogP contribution in [0.15, 0.2) is 0 Å². The molecule has 2 aliphatic heterocycles. The Bertz CT molecular complexity index is 205. The van der Waals surface area contributed by atoms with Gasteiger partial charge in [0.1, 0.15) is 6.61 Å². The molecule has 2 atom stereocenters. The lowest BCUT2D eigenvalue weighted by Crippen LogP contribution is -2.45. The van der Waals surface area contributed by atoms with Gasteiger partial charge in [-0.25, -0.2) is 0 Å². The lowest BCUT2D eigenvalue weighted by atomic mass is 9.95. The van der Waals surface area contributed by atoms with E-state index in [1.165, 1.54) is 19.3 Å². The van der Waals surface area contributed by atoms with Crippen molar-refractivity contribution in [1.29, 1.82) is 0 Å². The molecule has 3 heteroatoms. The minimum atomic E-state index is -0.0124. The predicted octanol–water partition coefficient (Wildman–Crippen LogP) is 1.18. The first-order chi connectivity index (χ1) is 6.27. The summed E-state index contributed by atoms with van der Waals surface area (Å²) in [6.07, 6.45) is 4.30. The number of esters is 1. The third-order valence-corrected chi connectivity index (χ3v) is 3.21. The lowest BCUT2D eigenvalue weighted by molar-refractivity contribution is -0.142. The van der Waals surface area contributed by atoms with E-state index in [-0.39, 0.29) is 5.97 Å². The maximum atomic E-state index is 11.2. The Morgan fingerprint density at radius 1 is 1.46 bits per heavy atom. The van der Waals surface area contributed by atoms with Gasteiger partial charge < -0.3 is 4.74 Å². The van der Waals surface area contributed by atoms with Crippen molar-refractivity contribution >= 4 is 5.97 Å². The molecule has 0 radical (unpaired) electrons. The molecule has 0 bridgehead atoms. The number of carbonyl (C=O) groups is 1. The van der Waals surface area contributed by atoms with E-state index in [9.17, 15) is 4.79 Å². The number of cyclic esters (lactones) is 1. The average Bonchev–Trinajstić information content (AvgIpc) is 2.27. The first kappa shape index (κ1) is 9.00. The number of carbonyl (C=O) groups excluding carboxylic acids is 1. The highest BCUT2D eigenvalue weighted by molar-refractivity contribution is 5.70. The van der Waals surface area contributed by atoms with Gasteiger partial charge in [-0.15, -0.1) is 0 Å². The summed E-state index contributed by atoms with van der Waals surface area (Å²) in [7, 11) is 0. The van der Waals surface area contributed by atoms with Gasteiger partial charge in [0.05, 0.1) is 6.42 Å². The Morgan fingerprint density at radius 3 is 3.15 bits per heavy atom. The van der Waals surface area contributed by atoms with Crippen molar-refractivity contribution < 1.29 is 9.53 Å². The van der Waals surface area contributed by atoms with Crippen LogP contribution in [0.1, 0.15) is 32.6 Å². The summed E-state index contributed by atoms with van der Waals surface area (Å²) in [6.45, 7) is 3.76. The number of hydrogen-bond donors (Lipinski definition) is 0. The average molecular weight is 183 g/mol. The number of fused-ring (bicyclic) bond motifs is 1. The molecule has 0 aliphatic carbocycles. The van der Waals surface area contributed by atoms with Crippen molar-refractivity contribution in [2.75, 3.05) is 13.2 Å². The SMILES string of the molecule is C[C@H]1CCC[C@H]2CC(=O)OCCN21. The minimum Gasteiger partial charge on any atom is -0.464 e. The molecule has 0 amide bonds. The van der Waals surface area contributed by atoms with Crippen LogP contribution in [0.2, 0.25) is 0 Å². The largest absolute Gasteiger partial charge is 0.464 e. The van der Waals surface area contributed by atoms with Crippen LogP contribution in [-0.2, 0) is 9.53 Å². The minimum absolute atomic E-state index is 0.0124. The van der Waals surface area contributed by atoms with Gasteiger partial charge in [-0.1, -0.05) is 6.42 Å². The Balaban J connectivity index is 2.06. The van der Waals surface area contributed by atoms with Gasteiger partial charge in [-0.05, 0) is 19.8 Å². The zero-order valence-corrected chi connectivity index (χ0v) is 8.16. The molecular formula is C10H17NO2. The first-order valence-corrected chi connectivity index (χ1v) is 5.19. The molecular weight excluding hydrogens is 166 g/mol. The standard InChI is InChI=1S/C10H17NO2/c1-8-3-2-4-9-7-10(12)13-6-5-11(8)9/h8-9H,2-7H2,1H3/t8-,9-/m0/s1. The molecule has 0 aromatic heterocycles. The molecule has 2 fully saturated rings. The van der Waals surface area contributed by atoms with Crippen LogP contribution >= 0.6 is 0 Å². The van der Waals surface area contributed by atoms with Crippen molar-refractivity contribution in [2.45, 2.75) is 44.7 Å². The van der Waals surface area contributed by atoms with Gasteiger partial charge in [0.15, 0.2) is 0 Å². The summed E-state index contributed by atoms with van der Waals surface area (Å²) in [6, 6.07) is 1.09. The van der Waals surface area contributed by atoms with Gasteiger partial charge >= 0.3 is 5.97 Å². The van der Waals surface area contributed by atoms with Crippen molar-refractivity contribution in [3.63, 3.8) is 0 Å². The fraction of sp³-hybridized carbons (Fsp3) is 0.900. The highest BCUT2D eigenvalue weighted by atomic mass is 16.5. The summed E-state index contributed by atoms with van der Waals surface area (Å²) < 4.78 is 5.06. The molecule has 0 aromatic rings. The molecule has 0 spiro atoms. The lowest BCUT2D eigenvalue weighted by Gasteiger charge is -2.38. The fourth-order valence-corrected chi connectivity index (χ4v) is 2.48. The van der Waals surface area contributed by atoms with E-state index in [0.29, 0.717) is 25.1 Å². The van der Waals surface area contributed by atoms with Gasteiger partial charge in [0.25, 0.3) is 0 Å². The van der Waals surface area contributed by atoms with E-state index in [4.69, 9.17) is 4.74 Å². The van der Waals surface area contributed by atoms with Gasteiger partial charge in [0, 0.05) is 18.6 Å². The number of hydrogen-bond acceptors (Lipinski definition) is 3. The Hall–Kier alpha value is -0.570. The maximum Gasteiger partial charge on any atom is 0.307 e. The van der Waals surface area contributed by atoms with Crippen LogP contribution in [0.4, 0.5) is 0 Å². The molecule has 0 unspecified atom stereocenters. The van der Waals surface area contributed by atoms with Crippen LogP contribution in [0.3, 0.4) is 0 Å². The second-order valence-corrected chi connectivity index (χ2v) is 4.10. The van der Waals surface area contributed by atoms with Crippen LogP contribution in [0.5, 0.6) is 0 Å². The van der Waals surface area contributed by atoms with E-state index in [1.807, 2.05) is 0 Å². The Morgan fingerprint density at radius 2 is 2.31 bits per heavy atom. The molecule has 0 N–H and O–H groups in total. The molecule has 2 heterocycles. The van der Waals surface area contributed by atoms with Crippen LogP contribution in [-0.4, -0.2) is 36.1 Å². The molecule has 74 valence electrons. The van der Waals surface area contributed by atoms with Crippen molar-refractivity contribution in [3.05, 3.63) is 0 Å². The van der Waals surface area contributed by atoms with Crippen LogP contribution < -0.4 is 0 Å². The van der Waals surface area contributed by atoms with Gasteiger partial charge in [0.2, 0.25) is 0 Å². The Kier molecular flexibility index (Phi) is 2.54. The third-order valence-electron chi connectivity index (χ3n) is 3.21. The number of piperidine rings is 1. The number of ether oxygens (including phenoxy) is 1. The summed E-state index contributed by atoms with van der Waals surface area (Å²) in [5.74, 6) is -0.0124. The van der Waals surface area contributed by atoms with Crippen LogP contribution in [0, 0.1) is 0 Å². The molecule has 0 aromatic carbocycles. The quantitative estimate of drug-likeness (QED) is 0.528. The molecule has 3 nitrogen and oxygen atoms in total. The summed E-state index contributed by atoms with van der Waals surface area (Å²) in [5.41, 5.74) is 0. The molecule has 0 saturated carbocycles. The fourth-order valence-electron chi connectivity index (χ4n) is 2.48. The smallest absolute Gasteiger partial charge is 0.307 e. The maximum absolute atomic E-state index is 11.2. The van der Waals surface area contributed by atoms with Crippen molar-refractivity contribution in [1.82, 2.24) is 4.90 Å². The second-order valence-electron chi connectivity index (χ2n) is 4.10. The van der Waals surface area contributed by atoms with Gasteiger partial charge in [-0.3, -0.25) is 9.69 Å². The monoisotopic (exact) mass is 183 g/mol. The van der Waals surface area contributed by atoms with E-state index < -0.39 is 0 Å². The zero-order valence-electron chi connectivity index (χ0n) is 8.16. The molecule has 2 rings (SSSR count). The van der Waals surface area contributed by atoms with Gasteiger partial charge in [-0.2, -0.15) is 0 Å². The van der Waals surface area contributed by atoms with E-state index in [1.54, 1.807) is 0 Å². The summed E-state index contributed by atoms with van der Waals surface area (Å²) in [5, 5.41) is 0. The zero-order chi connectivity index (χ0) is 9.26. The highest BCUT2D eigenvalue weighted by Gasteiger charge is 2.31. The topological polar surface area (TPSA) is 29.5 Å². The molecule has 13 heavy (non-hydrogen) atoms. The third kappa shape index (κ3) is 1.85. The van der Waals surface area contributed by atoms with E-state index >= 15 is 0 Å².